The molecule has 2 aromatic heterocycles. The molecule has 6 rings (SSSR count). The summed E-state index contributed by atoms with van der Waals surface area (Å²) in [6, 6.07) is 7.72. The van der Waals surface area contributed by atoms with Gasteiger partial charge in [-0.2, -0.15) is 0 Å². The number of hydrogen-bond acceptors (Lipinski definition) is 8. The summed E-state index contributed by atoms with van der Waals surface area (Å²) in [4.78, 5) is 19.9. The Labute approximate surface area is 240 Å². The number of ether oxygens (including phenoxy) is 1. The fraction of sp³-hybridized carbons (Fsp3) is 0.516. The molecule has 3 aromatic rings. The van der Waals surface area contributed by atoms with Crippen LogP contribution in [-0.4, -0.2) is 71.3 Å². The second-order valence-corrected chi connectivity index (χ2v) is 12.1. The predicted molar refractivity (Wildman–Crippen MR) is 158 cm³/mol. The highest BCUT2D eigenvalue weighted by Crippen LogP contribution is 2.47. The number of hydrogen-bond donors (Lipinski definition) is 1. The van der Waals surface area contributed by atoms with E-state index >= 15 is 8.78 Å². The van der Waals surface area contributed by atoms with Gasteiger partial charge in [0.1, 0.15) is 17.1 Å². The zero-order valence-corrected chi connectivity index (χ0v) is 24.3. The maximum absolute atomic E-state index is 15.6. The van der Waals surface area contributed by atoms with Gasteiger partial charge in [0.2, 0.25) is 5.95 Å². The highest BCUT2D eigenvalue weighted by Gasteiger charge is 2.44. The lowest BCUT2D eigenvalue weighted by Crippen LogP contribution is -2.51. The number of rotatable bonds is 6. The number of benzene rings is 1. The van der Waals surface area contributed by atoms with Gasteiger partial charge >= 0.3 is 0 Å². The molecule has 3 aliphatic rings. The molecule has 1 aliphatic carbocycles. The Morgan fingerprint density at radius 1 is 1.02 bits per heavy atom. The zero-order valence-electron chi connectivity index (χ0n) is 24.3. The van der Waals surface area contributed by atoms with E-state index < -0.39 is 11.6 Å². The van der Waals surface area contributed by atoms with Crippen molar-refractivity contribution < 1.29 is 13.5 Å². The molecule has 1 N–H and O–H groups in total. The van der Waals surface area contributed by atoms with Crippen molar-refractivity contribution in [1.82, 2.24) is 19.9 Å². The monoisotopic (exact) mass is 563 g/mol. The van der Waals surface area contributed by atoms with Crippen LogP contribution in [-0.2, 0) is 0 Å². The smallest absolute Gasteiger partial charge is 0.229 e. The summed E-state index contributed by atoms with van der Waals surface area (Å²) >= 11 is 0. The van der Waals surface area contributed by atoms with Crippen LogP contribution in [0.3, 0.4) is 0 Å². The van der Waals surface area contributed by atoms with E-state index in [0.717, 1.165) is 63.5 Å². The maximum atomic E-state index is 15.6. The predicted octanol–water partition coefficient (Wildman–Crippen LogP) is 6.01. The number of anilines is 4. The molecule has 0 amide bonds. The molecule has 2 fully saturated rings. The molecule has 1 saturated heterocycles. The Balaban J connectivity index is 1.22. The number of pyridine rings is 1. The van der Waals surface area contributed by atoms with Crippen LogP contribution in [0.25, 0.3) is 11.3 Å². The van der Waals surface area contributed by atoms with Gasteiger partial charge in [0.25, 0.3) is 0 Å². The van der Waals surface area contributed by atoms with Crippen LogP contribution >= 0.6 is 0 Å². The van der Waals surface area contributed by atoms with Crippen LogP contribution in [0.5, 0.6) is 5.75 Å². The Bertz CT molecular complexity index is 1380. The molecule has 0 atom stereocenters. The molecule has 4 heterocycles. The van der Waals surface area contributed by atoms with E-state index in [2.05, 4.69) is 62.9 Å². The van der Waals surface area contributed by atoms with Crippen LogP contribution < -0.4 is 19.9 Å². The summed E-state index contributed by atoms with van der Waals surface area (Å²) < 4.78 is 36.9. The van der Waals surface area contributed by atoms with Crippen molar-refractivity contribution in [2.45, 2.75) is 70.1 Å². The molecule has 1 aromatic carbocycles. The summed E-state index contributed by atoms with van der Waals surface area (Å²) in [5.41, 5.74) is 1.70. The molecule has 218 valence electrons. The lowest BCUT2D eigenvalue weighted by atomic mass is 9.96. The summed E-state index contributed by atoms with van der Waals surface area (Å²) in [6.07, 6.45) is 9.15. The lowest BCUT2D eigenvalue weighted by Gasteiger charge is -2.45. The first-order valence-corrected chi connectivity index (χ1v) is 14.7. The van der Waals surface area contributed by atoms with Crippen molar-refractivity contribution in [3.05, 3.63) is 48.3 Å². The van der Waals surface area contributed by atoms with E-state index in [-0.39, 0.29) is 29.0 Å². The molecule has 10 heteroatoms. The third kappa shape index (κ3) is 5.54. The SMILES string of the molecule is CC(C)N1CC2(CCCC2)Oc2c(F)cc(-c3nc(Nc4ccc(N5CCC(N(C)C)CC5)cn4)ncc3F)cc21. The molecular formula is C31H39F2N7O. The minimum absolute atomic E-state index is 0.0226. The number of piperidine rings is 1. The highest BCUT2D eigenvalue weighted by atomic mass is 19.1. The van der Waals surface area contributed by atoms with Gasteiger partial charge in [-0.3, -0.25) is 0 Å². The Hall–Kier alpha value is -3.53. The molecule has 1 saturated carbocycles. The number of aromatic nitrogens is 3. The summed E-state index contributed by atoms with van der Waals surface area (Å²) in [6.45, 7) is 6.83. The number of nitrogens with one attached hydrogen (secondary N) is 1. The van der Waals surface area contributed by atoms with Gasteiger partial charge in [-0.05, 0) is 90.7 Å². The van der Waals surface area contributed by atoms with Gasteiger partial charge in [-0.15, -0.1) is 0 Å². The average molecular weight is 564 g/mol. The van der Waals surface area contributed by atoms with Gasteiger partial charge in [0.15, 0.2) is 17.4 Å². The second-order valence-electron chi connectivity index (χ2n) is 12.1. The molecule has 0 radical (unpaired) electrons. The number of halogens is 2. The van der Waals surface area contributed by atoms with Gasteiger partial charge in [-0.25, -0.2) is 23.7 Å². The summed E-state index contributed by atoms with van der Waals surface area (Å²) in [5, 5.41) is 3.08. The van der Waals surface area contributed by atoms with Crippen molar-refractivity contribution in [2.24, 2.45) is 0 Å². The standard InChI is InChI=1S/C31H39F2N7O/c1-20(2)40-19-31(11-5-6-12-31)41-29-24(32)15-21(16-26(29)40)28-25(33)18-35-30(37-28)36-27-8-7-23(17-34-27)39-13-9-22(10-14-39)38(3)4/h7-8,15-18,20,22H,5-6,9-14,19H2,1-4H3,(H,34,35,36,37). The van der Waals surface area contributed by atoms with Gasteiger partial charge in [-0.1, -0.05) is 0 Å². The van der Waals surface area contributed by atoms with Crippen LogP contribution in [0.1, 0.15) is 52.4 Å². The molecule has 0 unspecified atom stereocenters. The Morgan fingerprint density at radius 2 is 1.78 bits per heavy atom. The van der Waals surface area contributed by atoms with Crippen LogP contribution in [0, 0.1) is 11.6 Å². The van der Waals surface area contributed by atoms with Crippen molar-refractivity contribution in [1.29, 1.82) is 0 Å². The van der Waals surface area contributed by atoms with Gasteiger partial charge < -0.3 is 24.8 Å². The molecular weight excluding hydrogens is 524 g/mol. The molecule has 0 bridgehead atoms. The van der Waals surface area contributed by atoms with E-state index in [0.29, 0.717) is 29.7 Å². The minimum Gasteiger partial charge on any atom is -0.480 e. The average Bonchev–Trinajstić information content (AvgIpc) is 3.42. The first-order chi connectivity index (χ1) is 19.7. The van der Waals surface area contributed by atoms with E-state index in [1.807, 2.05) is 18.3 Å². The first kappa shape index (κ1) is 27.6. The summed E-state index contributed by atoms with van der Waals surface area (Å²) in [7, 11) is 4.26. The van der Waals surface area contributed by atoms with E-state index in [4.69, 9.17) is 4.74 Å². The van der Waals surface area contributed by atoms with E-state index in [1.165, 1.54) is 6.07 Å². The highest BCUT2D eigenvalue weighted by molar-refractivity contribution is 5.73. The topological polar surface area (TPSA) is 69.7 Å². The Morgan fingerprint density at radius 3 is 2.44 bits per heavy atom. The lowest BCUT2D eigenvalue weighted by molar-refractivity contribution is 0.0659. The van der Waals surface area contributed by atoms with Crippen LogP contribution in [0.15, 0.2) is 36.7 Å². The quantitative estimate of drug-likeness (QED) is 0.391. The third-order valence-electron chi connectivity index (χ3n) is 8.81. The third-order valence-corrected chi connectivity index (χ3v) is 8.81. The van der Waals surface area contributed by atoms with E-state index in [1.54, 1.807) is 6.07 Å². The van der Waals surface area contributed by atoms with E-state index in [9.17, 15) is 0 Å². The fourth-order valence-electron chi connectivity index (χ4n) is 6.45. The van der Waals surface area contributed by atoms with Crippen molar-refractivity contribution in [3.8, 4) is 17.0 Å². The van der Waals surface area contributed by atoms with Gasteiger partial charge in [0.05, 0.1) is 30.3 Å². The van der Waals surface area contributed by atoms with Crippen molar-refractivity contribution in [3.63, 3.8) is 0 Å². The van der Waals surface area contributed by atoms with Crippen molar-refractivity contribution in [2.75, 3.05) is 48.8 Å². The number of nitrogens with zero attached hydrogens (tertiary/aromatic N) is 6. The van der Waals surface area contributed by atoms with Crippen molar-refractivity contribution >= 4 is 23.1 Å². The normalized spacial score (nSPS) is 18.7. The van der Waals surface area contributed by atoms with Crippen LogP contribution in [0.2, 0.25) is 0 Å². The molecule has 8 nitrogen and oxygen atoms in total. The first-order valence-electron chi connectivity index (χ1n) is 14.7. The molecule has 1 spiro atoms. The minimum atomic E-state index is -0.626. The number of fused-ring (bicyclic) bond motifs is 1. The fourth-order valence-corrected chi connectivity index (χ4v) is 6.45. The van der Waals surface area contributed by atoms with Crippen LogP contribution in [0.4, 0.5) is 31.9 Å². The van der Waals surface area contributed by atoms with Gasteiger partial charge in [0, 0.05) is 30.7 Å². The zero-order chi connectivity index (χ0) is 28.7. The maximum Gasteiger partial charge on any atom is 0.229 e. The second kappa shape index (κ2) is 11.0. The summed E-state index contributed by atoms with van der Waals surface area (Å²) in [5.74, 6) is -0.146. The Kier molecular flexibility index (Phi) is 7.44. The molecule has 41 heavy (non-hydrogen) atoms. The molecule has 2 aliphatic heterocycles. The largest absolute Gasteiger partial charge is 0.480 e.